The van der Waals surface area contributed by atoms with E-state index in [0.29, 0.717) is 18.7 Å². The largest absolute Gasteiger partial charge is 0.386 e. The molecule has 1 fully saturated rings. The molecule has 0 radical (unpaired) electrons. The summed E-state index contributed by atoms with van der Waals surface area (Å²) in [5, 5.41) is 0. The summed E-state index contributed by atoms with van der Waals surface area (Å²) < 4.78 is 4.49. The Morgan fingerprint density at radius 3 is 2.53 bits per heavy atom. The van der Waals surface area contributed by atoms with Crippen LogP contribution in [0.4, 0.5) is 5.69 Å². The minimum absolute atomic E-state index is 0.0441. The first-order chi connectivity index (χ1) is 8.16. The van der Waals surface area contributed by atoms with Gasteiger partial charge in [-0.15, -0.1) is 0 Å². The molecule has 1 aromatic rings. The molecule has 0 N–H and O–H groups in total. The quantitative estimate of drug-likeness (QED) is 0.536. The highest BCUT2D eigenvalue weighted by Gasteiger charge is 2.31. The van der Waals surface area contributed by atoms with Gasteiger partial charge in [0.1, 0.15) is 0 Å². The monoisotopic (exact) mass is 231 g/mol. The van der Waals surface area contributed by atoms with Gasteiger partial charge in [-0.05, 0) is 24.6 Å². The summed E-state index contributed by atoms with van der Waals surface area (Å²) in [6.07, 6.45) is 1.35. The second-order valence-electron chi connectivity index (χ2n) is 4.06. The van der Waals surface area contributed by atoms with E-state index in [-0.39, 0.29) is 17.0 Å². The highest BCUT2D eigenvalue weighted by molar-refractivity contribution is 6.15. The van der Waals surface area contributed by atoms with E-state index in [1.807, 2.05) is 0 Å². The van der Waals surface area contributed by atoms with Crippen molar-refractivity contribution in [2.24, 2.45) is 0 Å². The first kappa shape index (κ1) is 10.0. The minimum atomic E-state index is -0.640. The molecule has 1 aromatic carbocycles. The van der Waals surface area contributed by atoms with Crippen molar-refractivity contribution in [3.8, 4) is 0 Å². The number of rotatable bonds is 1. The Labute approximate surface area is 97.0 Å². The molecular formula is C12H9NO4. The fourth-order valence-corrected chi connectivity index (χ4v) is 2.16. The maximum Gasteiger partial charge on any atom is 0.346 e. The van der Waals surface area contributed by atoms with Gasteiger partial charge in [0.2, 0.25) is 5.91 Å². The van der Waals surface area contributed by atoms with Crippen LogP contribution in [0, 0.1) is 0 Å². The Hall–Kier alpha value is -2.17. The van der Waals surface area contributed by atoms with E-state index in [2.05, 4.69) is 4.74 Å². The number of anilines is 1. The van der Waals surface area contributed by atoms with Crippen LogP contribution in [-0.2, 0) is 9.53 Å². The maximum atomic E-state index is 11.6. The maximum absolute atomic E-state index is 11.6. The molecule has 5 nitrogen and oxygen atoms in total. The average molecular weight is 231 g/mol. The molecule has 0 bridgehead atoms. The number of hydrogen-bond acceptors (Lipinski definition) is 4. The van der Waals surface area contributed by atoms with E-state index >= 15 is 0 Å². The van der Waals surface area contributed by atoms with Crippen molar-refractivity contribution < 1.29 is 19.1 Å². The average Bonchev–Trinajstić information content (AvgIpc) is 2.84. The Balaban J connectivity index is 2.04. The highest BCUT2D eigenvalue weighted by Crippen LogP contribution is 2.27. The van der Waals surface area contributed by atoms with Crippen molar-refractivity contribution >= 4 is 23.5 Å². The molecule has 2 heterocycles. The summed E-state index contributed by atoms with van der Waals surface area (Å²) in [6, 6.07) is 4.75. The molecule has 0 aliphatic carbocycles. The normalized spacial score (nSPS) is 18.6. The van der Waals surface area contributed by atoms with Gasteiger partial charge in [0.15, 0.2) is 0 Å². The van der Waals surface area contributed by atoms with Crippen LogP contribution >= 0.6 is 0 Å². The predicted octanol–water partition coefficient (Wildman–Crippen LogP) is 1.12. The summed E-state index contributed by atoms with van der Waals surface area (Å²) in [5.41, 5.74) is 1.16. The Bertz CT molecular complexity index is 549. The SMILES string of the molecule is O=C1OC(=O)c2cc(N3CCCC3=O)ccc21. The summed E-state index contributed by atoms with van der Waals surface area (Å²) in [7, 11) is 0. The van der Waals surface area contributed by atoms with Gasteiger partial charge in [0.25, 0.3) is 0 Å². The van der Waals surface area contributed by atoms with Gasteiger partial charge in [0, 0.05) is 18.7 Å². The smallest absolute Gasteiger partial charge is 0.346 e. The first-order valence-electron chi connectivity index (χ1n) is 5.38. The van der Waals surface area contributed by atoms with Gasteiger partial charge in [-0.3, -0.25) is 4.79 Å². The van der Waals surface area contributed by atoms with E-state index in [1.54, 1.807) is 17.0 Å². The highest BCUT2D eigenvalue weighted by atomic mass is 16.6. The van der Waals surface area contributed by atoms with Gasteiger partial charge in [-0.2, -0.15) is 0 Å². The number of carbonyl (C=O) groups is 3. The standard InChI is InChI=1S/C12H9NO4/c14-10-2-1-5-13(10)7-3-4-8-9(6-7)12(16)17-11(8)15/h3-4,6H,1-2,5H2. The molecule has 17 heavy (non-hydrogen) atoms. The van der Waals surface area contributed by atoms with Crippen LogP contribution in [0.1, 0.15) is 33.6 Å². The van der Waals surface area contributed by atoms with Crippen LogP contribution in [0.25, 0.3) is 0 Å². The molecule has 1 saturated heterocycles. The van der Waals surface area contributed by atoms with Gasteiger partial charge in [-0.1, -0.05) is 0 Å². The summed E-state index contributed by atoms with van der Waals surface area (Å²) in [4.78, 5) is 35.8. The second kappa shape index (κ2) is 3.41. The van der Waals surface area contributed by atoms with Gasteiger partial charge >= 0.3 is 11.9 Å². The molecule has 0 unspecified atom stereocenters. The summed E-state index contributed by atoms with van der Waals surface area (Å²) in [6.45, 7) is 0.653. The van der Waals surface area contributed by atoms with Crippen molar-refractivity contribution in [3.63, 3.8) is 0 Å². The Morgan fingerprint density at radius 2 is 1.82 bits per heavy atom. The molecule has 86 valence electrons. The van der Waals surface area contributed by atoms with Gasteiger partial charge in [-0.25, -0.2) is 9.59 Å². The number of amides is 1. The van der Waals surface area contributed by atoms with Crippen molar-refractivity contribution in [2.45, 2.75) is 12.8 Å². The lowest BCUT2D eigenvalue weighted by Gasteiger charge is -2.15. The molecule has 2 aliphatic heterocycles. The number of carbonyl (C=O) groups excluding carboxylic acids is 3. The van der Waals surface area contributed by atoms with Crippen molar-refractivity contribution in [1.82, 2.24) is 0 Å². The zero-order valence-corrected chi connectivity index (χ0v) is 8.93. The molecule has 0 spiro atoms. The third-order valence-electron chi connectivity index (χ3n) is 3.01. The van der Waals surface area contributed by atoms with E-state index in [0.717, 1.165) is 6.42 Å². The summed E-state index contributed by atoms with van der Waals surface area (Å²) >= 11 is 0. The fourth-order valence-electron chi connectivity index (χ4n) is 2.16. The number of ether oxygens (including phenoxy) is 1. The van der Waals surface area contributed by atoms with Crippen molar-refractivity contribution in [1.29, 1.82) is 0 Å². The van der Waals surface area contributed by atoms with Gasteiger partial charge in [0.05, 0.1) is 11.1 Å². The lowest BCUT2D eigenvalue weighted by atomic mass is 10.1. The number of cyclic esters (lactones) is 2. The molecule has 0 saturated carbocycles. The van der Waals surface area contributed by atoms with Crippen LogP contribution in [0.15, 0.2) is 18.2 Å². The van der Waals surface area contributed by atoms with Crippen LogP contribution in [0.5, 0.6) is 0 Å². The van der Waals surface area contributed by atoms with E-state index in [1.165, 1.54) is 6.07 Å². The zero-order valence-electron chi connectivity index (χ0n) is 8.93. The Kier molecular flexibility index (Phi) is 2.01. The van der Waals surface area contributed by atoms with Crippen LogP contribution < -0.4 is 4.90 Å². The molecule has 3 rings (SSSR count). The van der Waals surface area contributed by atoms with E-state index in [4.69, 9.17) is 0 Å². The van der Waals surface area contributed by atoms with Crippen LogP contribution in [0.3, 0.4) is 0 Å². The summed E-state index contributed by atoms with van der Waals surface area (Å²) in [5.74, 6) is -1.22. The van der Waals surface area contributed by atoms with Crippen LogP contribution in [0.2, 0.25) is 0 Å². The number of nitrogens with zero attached hydrogens (tertiary/aromatic N) is 1. The van der Waals surface area contributed by atoms with E-state index in [9.17, 15) is 14.4 Å². The third-order valence-corrected chi connectivity index (χ3v) is 3.01. The van der Waals surface area contributed by atoms with Crippen LogP contribution in [-0.4, -0.2) is 24.4 Å². The topological polar surface area (TPSA) is 63.7 Å². The molecule has 0 aromatic heterocycles. The molecule has 2 aliphatic rings. The first-order valence-corrected chi connectivity index (χ1v) is 5.38. The Morgan fingerprint density at radius 1 is 1.06 bits per heavy atom. The number of hydrogen-bond donors (Lipinski definition) is 0. The minimum Gasteiger partial charge on any atom is -0.386 e. The van der Waals surface area contributed by atoms with Gasteiger partial charge < -0.3 is 9.64 Å². The zero-order chi connectivity index (χ0) is 12.0. The van der Waals surface area contributed by atoms with E-state index < -0.39 is 11.9 Å². The number of benzene rings is 1. The lowest BCUT2D eigenvalue weighted by molar-refractivity contribution is -0.117. The lowest BCUT2D eigenvalue weighted by Crippen LogP contribution is -2.23. The van der Waals surface area contributed by atoms with Crippen molar-refractivity contribution in [2.75, 3.05) is 11.4 Å². The van der Waals surface area contributed by atoms with Crippen molar-refractivity contribution in [3.05, 3.63) is 29.3 Å². The molecule has 0 atom stereocenters. The number of esters is 2. The fraction of sp³-hybridized carbons (Fsp3) is 0.250. The molecular weight excluding hydrogens is 222 g/mol. The third kappa shape index (κ3) is 1.43. The second-order valence-corrected chi connectivity index (χ2v) is 4.06. The molecule has 5 heteroatoms. The predicted molar refractivity (Wildman–Crippen MR) is 57.8 cm³/mol. The number of fused-ring (bicyclic) bond motifs is 1. The molecule has 1 amide bonds.